The Kier molecular flexibility index (Phi) is 4.82. The minimum absolute atomic E-state index is 0.228. The van der Waals surface area contributed by atoms with E-state index in [0.29, 0.717) is 23.2 Å². The molecule has 3 heterocycles. The van der Waals surface area contributed by atoms with Gasteiger partial charge in [-0.25, -0.2) is 0 Å². The van der Waals surface area contributed by atoms with Crippen LogP contribution in [0.2, 0.25) is 0 Å². The minimum atomic E-state index is 0.228. The van der Waals surface area contributed by atoms with E-state index in [1.54, 1.807) is 0 Å². The maximum atomic E-state index is 12.8. The summed E-state index contributed by atoms with van der Waals surface area (Å²) in [6.45, 7) is 9.01. The van der Waals surface area contributed by atoms with Crippen molar-refractivity contribution >= 4 is 29.4 Å². The Bertz CT molecular complexity index is 376. The molecule has 0 aromatic rings. The lowest BCUT2D eigenvalue weighted by atomic mass is 10.0. The molecule has 21 heavy (non-hydrogen) atoms. The molecule has 3 rings (SSSR count). The molecule has 3 fully saturated rings. The number of likely N-dealkylation sites (tertiary alicyclic amines) is 1. The van der Waals surface area contributed by atoms with Gasteiger partial charge in [0.05, 0.1) is 0 Å². The highest BCUT2D eigenvalue weighted by atomic mass is 32.2. The van der Waals surface area contributed by atoms with Crippen LogP contribution in [0.5, 0.6) is 0 Å². The quantitative estimate of drug-likeness (QED) is 0.778. The summed E-state index contributed by atoms with van der Waals surface area (Å²) in [5.74, 6) is 4.06. The van der Waals surface area contributed by atoms with Gasteiger partial charge >= 0.3 is 0 Å². The Balaban J connectivity index is 1.60. The van der Waals surface area contributed by atoms with Crippen LogP contribution in [0.3, 0.4) is 0 Å². The van der Waals surface area contributed by atoms with Crippen LogP contribution in [-0.2, 0) is 4.79 Å². The number of nitrogens with zero attached hydrogens (tertiary/aromatic N) is 2. The molecule has 3 unspecified atom stereocenters. The SMILES string of the molecule is CC(C)(C)N1CC2CCC(C1)N2C(=O)CC1CSCCS1. The maximum Gasteiger partial charge on any atom is 0.224 e. The van der Waals surface area contributed by atoms with Crippen LogP contribution >= 0.6 is 23.5 Å². The zero-order chi connectivity index (χ0) is 15.0. The number of carbonyl (C=O) groups excluding carboxylic acids is 1. The summed E-state index contributed by atoms with van der Waals surface area (Å²) in [6.07, 6.45) is 3.17. The van der Waals surface area contributed by atoms with Gasteiger partial charge in [0.1, 0.15) is 0 Å². The molecule has 0 radical (unpaired) electrons. The summed E-state index contributed by atoms with van der Waals surface area (Å²) in [5, 5.41) is 0.552. The average molecular weight is 329 g/mol. The first-order valence-electron chi connectivity index (χ1n) is 8.20. The summed E-state index contributed by atoms with van der Waals surface area (Å²) >= 11 is 4.02. The Morgan fingerprint density at radius 1 is 1.14 bits per heavy atom. The zero-order valence-electron chi connectivity index (χ0n) is 13.5. The van der Waals surface area contributed by atoms with Gasteiger partial charge in [-0.1, -0.05) is 0 Å². The van der Waals surface area contributed by atoms with Crippen molar-refractivity contribution in [1.82, 2.24) is 9.80 Å². The maximum absolute atomic E-state index is 12.8. The Labute approximate surface area is 137 Å². The lowest BCUT2D eigenvalue weighted by Crippen LogP contribution is -2.60. The van der Waals surface area contributed by atoms with Gasteiger partial charge in [0.15, 0.2) is 0 Å². The number of carbonyl (C=O) groups is 1. The van der Waals surface area contributed by atoms with Crippen LogP contribution < -0.4 is 0 Å². The van der Waals surface area contributed by atoms with Gasteiger partial charge in [-0.15, -0.1) is 0 Å². The minimum Gasteiger partial charge on any atom is -0.334 e. The monoisotopic (exact) mass is 328 g/mol. The van der Waals surface area contributed by atoms with E-state index in [1.807, 2.05) is 23.5 Å². The van der Waals surface area contributed by atoms with Crippen molar-refractivity contribution in [3.63, 3.8) is 0 Å². The number of thioether (sulfide) groups is 2. The lowest BCUT2D eigenvalue weighted by Gasteiger charge is -2.47. The number of rotatable bonds is 2. The van der Waals surface area contributed by atoms with E-state index < -0.39 is 0 Å². The molecule has 0 spiro atoms. The predicted octanol–water partition coefficient (Wildman–Crippen LogP) is 2.70. The van der Waals surface area contributed by atoms with E-state index in [-0.39, 0.29) is 5.54 Å². The average Bonchev–Trinajstić information content (AvgIpc) is 2.69. The van der Waals surface area contributed by atoms with Gasteiger partial charge in [-0.2, -0.15) is 23.5 Å². The predicted molar refractivity (Wildman–Crippen MR) is 93.2 cm³/mol. The van der Waals surface area contributed by atoms with E-state index in [0.717, 1.165) is 25.3 Å². The Morgan fingerprint density at radius 3 is 2.33 bits per heavy atom. The summed E-state index contributed by atoms with van der Waals surface area (Å²) in [5.41, 5.74) is 0.228. The van der Waals surface area contributed by atoms with Crippen LogP contribution in [0, 0.1) is 0 Å². The van der Waals surface area contributed by atoms with Crippen molar-refractivity contribution in [2.45, 2.75) is 62.9 Å². The summed E-state index contributed by atoms with van der Waals surface area (Å²) in [4.78, 5) is 17.6. The van der Waals surface area contributed by atoms with E-state index in [9.17, 15) is 4.79 Å². The van der Waals surface area contributed by atoms with Gasteiger partial charge in [-0.3, -0.25) is 9.69 Å². The molecule has 3 aliphatic rings. The second kappa shape index (κ2) is 6.32. The topological polar surface area (TPSA) is 23.6 Å². The molecule has 3 atom stereocenters. The molecular weight excluding hydrogens is 300 g/mol. The van der Waals surface area contributed by atoms with Crippen molar-refractivity contribution in [3.8, 4) is 0 Å². The number of hydrogen-bond acceptors (Lipinski definition) is 4. The van der Waals surface area contributed by atoms with Gasteiger partial charge in [-0.05, 0) is 33.6 Å². The molecule has 0 aromatic heterocycles. The second-order valence-corrected chi connectivity index (χ2v) is 10.1. The molecule has 5 heteroatoms. The molecule has 0 aromatic carbocycles. The van der Waals surface area contributed by atoms with Gasteiger partial charge < -0.3 is 4.90 Å². The third-order valence-corrected chi connectivity index (χ3v) is 7.85. The number of piperazine rings is 1. The van der Waals surface area contributed by atoms with Gasteiger partial charge in [0.2, 0.25) is 5.91 Å². The molecule has 120 valence electrons. The third-order valence-electron chi connectivity index (χ3n) is 5.01. The van der Waals surface area contributed by atoms with E-state index in [4.69, 9.17) is 0 Å². The highest BCUT2D eigenvalue weighted by molar-refractivity contribution is 8.06. The first-order valence-corrected chi connectivity index (χ1v) is 10.4. The first-order chi connectivity index (χ1) is 9.95. The lowest BCUT2D eigenvalue weighted by molar-refractivity contribution is -0.138. The first kappa shape index (κ1) is 16.0. The standard InChI is InChI=1S/C16H28N2OS2/c1-16(2,3)17-9-12-4-5-13(10-17)18(12)15(19)8-14-11-20-6-7-21-14/h12-14H,4-11H2,1-3H3. The Hall–Kier alpha value is 0.130. The van der Waals surface area contributed by atoms with Crippen molar-refractivity contribution < 1.29 is 4.79 Å². The molecule has 1 amide bonds. The molecule has 0 saturated carbocycles. The highest BCUT2D eigenvalue weighted by Gasteiger charge is 2.44. The van der Waals surface area contributed by atoms with Crippen molar-refractivity contribution in [2.24, 2.45) is 0 Å². The van der Waals surface area contributed by atoms with Gasteiger partial charge in [0.25, 0.3) is 0 Å². The van der Waals surface area contributed by atoms with Crippen LogP contribution in [0.4, 0.5) is 0 Å². The fourth-order valence-corrected chi connectivity index (χ4v) is 6.48. The van der Waals surface area contributed by atoms with Crippen LogP contribution in [-0.4, -0.2) is 68.9 Å². The molecule has 0 N–H and O–H groups in total. The van der Waals surface area contributed by atoms with E-state index >= 15 is 0 Å². The molecule has 0 aliphatic carbocycles. The summed E-state index contributed by atoms with van der Waals surface area (Å²) in [6, 6.07) is 0.938. The molecule has 3 saturated heterocycles. The van der Waals surface area contributed by atoms with Crippen molar-refractivity contribution in [2.75, 3.05) is 30.3 Å². The molecule has 3 nitrogen and oxygen atoms in total. The van der Waals surface area contributed by atoms with E-state index in [1.165, 1.54) is 24.3 Å². The van der Waals surface area contributed by atoms with Crippen molar-refractivity contribution in [3.05, 3.63) is 0 Å². The molecule has 3 aliphatic heterocycles. The smallest absolute Gasteiger partial charge is 0.224 e. The summed E-state index contributed by atoms with van der Waals surface area (Å²) in [7, 11) is 0. The Morgan fingerprint density at radius 2 is 1.81 bits per heavy atom. The number of fused-ring (bicyclic) bond motifs is 2. The fraction of sp³-hybridized carbons (Fsp3) is 0.938. The van der Waals surface area contributed by atoms with E-state index in [2.05, 4.69) is 30.6 Å². The zero-order valence-corrected chi connectivity index (χ0v) is 15.1. The number of hydrogen-bond donors (Lipinski definition) is 0. The number of amides is 1. The molecule has 2 bridgehead atoms. The highest BCUT2D eigenvalue weighted by Crippen LogP contribution is 2.35. The van der Waals surface area contributed by atoms with Crippen LogP contribution in [0.15, 0.2) is 0 Å². The van der Waals surface area contributed by atoms with Crippen LogP contribution in [0.25, 0.3) is 0 Å². The van der Waals surface area contributed by atoms with Gasteiger partial charge in [0, 0.05) is 59.6 Å². The third kappa shape index (κ3) is 3.56. The normalized spacial score (nSPS) is 34.2. The molecular formula is C16H28N2OS2. The van der Waals surface area contributed by atoms with Crippen LogP contribution in [0.1, 0.15) is 40.0 Å². The van der Waals surface area contributed by atoms with Crippen molar-refractivity contribution in [1.29, 1.82) is 0 Å². The largest absolute Gasteiger partial charge is 0.334 e. The second-order valence-electron chi connectivity index (χ2n) is 7.53. The fourth-order valence-electron chi connectivity index (χ4n) is 3.81. The summed E-state index contributed by atoms with van der Waals surface area (Å²) < 4.78 is 0.